The summed E-state index contributed by atoms with van der Waals surface area (Å²) in [6.45, 7) is 4.28. The zero-order valence-corrected chi connectivity index (χ0v) is 16.0. The topological polar surface area (TPSA) is 55.3 Å². The highest BCUT2D eigenvalue weighted by molar-refractivity contribution is 5.93. The largest absolute Gasteiger partial charge is 0.493 e. The molecule has 5 heteroatoms. The van der Waals surface area contributed by atoms with E-state index in [4.69, 9.17) is 4.74 Å². The summed E-state index contributed by atoms with van der Waals surface area (Å²) in [5.41, 5.74) is 3.51. The SMILES string of the molecule is CCc1ncc(C(=O)N2CCC(COc3ccc4c(c3)CCC4)CC2)cn1. The maximum absolute atomic E-state index is 12.6. The Morgan fingerprint density at radius 2 is 1.89 bits per heavy atom. The summed E-state index contributed by atoms with van der Waals surface area (Å²) < 4.78 is 6.05. The number of piperidine rings is 1. The van der Waals surface area contributed by atoms with Gasteiger partial charge in [-0.15, -0.1) is 0 Å². The Hall–Kier alpha value is -2.43. The van der Waals surface area contributed by atoms with Crippen molar-refractivity contribution in [1.82, 2.24) is 14.9 Å². The van der Waals surface area contributed by atoms with Crippen molar-refractivity contribution < 1.29 is 9.53 Å². The number of carbonyl (C=O) groups excluding carboxylic acids is 1. The molecule has 1 amide bonds. The maximum Gasteiger partial charge on any atom is 0.256 e. The first-order valence-electron chi connectivity index (χ1n) is 10.1. The van der Waals surface area contributed by atoms with Crippen LogP contribution in [-0.2, 0) is 19.3 Å². The second-order valence-electron chi connectivity index (χ2n) is 7.57. The van der Waals surface area contributed by atoms with Gasteiger partial charge in [0.05, 0.1) is 12.2 Å². The van der Waals surface area contributed by atoms with Crippen LogP contribution in [0, 0.1) is 5.92 Å². The van der Waals surface area contributed by atoms with Crippen molar-refractivity contribution in [1.29, 1.82) is 0 Å². The number of hydrogen-bond acceptors (Lipinski definition) is 4. The summed E-state index contributed by atoms with van der Waals surface area (Å²) >= 11 is 0. The van der Waals surface area contributed by atoms with Gasteiger partial charge in [-0.2, -0.15) is 0 Å². The highest BCUT2D eigenvalue weighted by Crippen LogP contribution is 2.27. The minimum Gasteiger partial charge on any atom is -0.493 e. The van der Waals surface area contributed by atoms with Crippen LogP contribution in [0.2, 0.25) is 0 Å². The molecule has 1 aliphatic carbocycles. The first-order valence-corrected chi connectivity index (χ1v) is 10.1. The molecule has 0 saturated carbocycles. The second-order valence-corrected chi connectivity index (χ2v) is 7.57. The van der Waals surface area contributed by atoms with Crippen LogP contribution in [0.25, 0.3) is 0 Å². The van der Waals surface area contributed by atoms with E-state index >= 15 is 0 Å². The van der Waals surface area contributed by atoms with Crippen LogP contribution in [0.1, 0.15) is 53.5 Å². The average Bonchev–Trinajstić information content (AvgIpc) is 3.20. The van der Waals surface area contributed by atoms with Crippen LogP contribution in [0.15, 0.2) is 30.6 Å². The van der Waals surface area contributed by atoms with E-state index in [2.05, 4.69) is 28.2 Å². The molecule has 0 atom stereocenters. The molecule has 27 heavy (non-hydrogen) atoms. The summed E-state index contributed by atoms with van der Waals surface area (Å²) in [6, 6.07) is 6.52. The molecule has 0 unspecified atom stereocenters. The number of fused-ring (bicyclic) bond motifs is 1. The van der Waals surface area contributed by atoms with E-state index in [0.717, 1.165) is 50.5 Å². The van der Waals surface area contributed by atoms with E-state index in [1.54, 1.807) is 12.4 Å². The first kappa shape index (κ1) is 18.0. The van der Waals surface area contributed by atoms with Crippen molar-refractivity contribution in [2.24, 2.45) is 5.92 Å². The molecule has 0 N–H and O–H groups in total. The van der Waals surface area contributed by atoms with Gasteiger partial charge in [0, 0.05) is 31.9 Å². The summed E-state index contributed by atoms with van der Waals surface area (Å²) in [7, 11) is 0. The summed E-state index contributed by atoms with van der Waals surface area (Å²) in [6.07, 6.45) is 9.68. The molecule has 0 radical (unpaired) electrons. The molecule has 2 aliphatic rings. The van der Waals surface area contributed by atoms with Gasteiger partial charge in [-0.3, -0.25) is 4.79 Å². The number of hydrogen-bond donors (Lipinski definition) is 0. The fourth-order valence-electron chi connectivity index (χ4n) is 3.99. The molecular formula is C22H27N3O2. The molecule has 5 nitrogen and oxygen atoms in total. The van der Waals surface area contributed by atoms with Crippen molar-refractivity contribution in [2.45, 2.75) is 45.4 Å². The number of aromatic nitrogens is 2. The van der Waals surface area contributed by atoms with Gasteiger partial charge in [-0.1, -0.05) is 13.0 Å². The predicted molar refractivity (Wildman–Crippen MR) is 104 cm³/mol. The molecule has 1 aromatic heterocycles. The van der Waals surface area contributed by atoms with Gasteiger partial charge in [-0.25, -0.2) is 9.97 Å². The molecule has 0 bridgehead atoms. The average molecular weight is 365 g/mol. The molecule has 0 spiro atoms. The lowest BCUT2D eigenvalue weighted by Gasteiger charge is -2.31. The van der Waals surface area contributed by atoms with Crippen molar-refractivity contribution in [3.63, 3.8) is 0 Å². The molecule has 142 valence electrons. The summed E-state index contributed by atoms with van der Waals surface area (Å²) in [5.74, 6) is 2.30. The molecule has 1 aliphatic heterocycles. The van der Waals surface area contributed by atoms with E-state index in [0.29, 0.717) is 11.5 Å². The fraction of sp³-hybridized carbons (Fsp3) is 0.500. The quantitative estimate of drug-likeness (QED) is 0.814. The minimum atomic E-state index is 0.0376. The minimum absolute atomic E-state index is 0.0376. The van der Waals surface area contributed by atoms with Gasteiger partial charge < -0.3 is 9.64 Å². The Balaban J connectivity index is 1.26. The molecule has 4 rings (SSSR count). The summed E-state index contributed by atoms with van der Waals surface area (Å²) in [5, 5.41) is 0. The number of carbonyl (C=O) groups is 1. The van der Waals surface area contributed by atoms with E-state index in [9.17, 15) is 4.79 Å². The van der Waals surface area contributed by atoms with E-state index in [1.165, 1.54) is 30.4 Å². The highest BCUT2D eigenvalue weighted by Gasteiger charge is 2.24. The number of amides is 1. The Morgan fingerprint density at radius 1 is 1.15 bits per heavy atom. The van der Waals surface area contributed by atoms with Crippen molar-refractivity contribution >= 4 is 5.91 Å². The normalized spacial score (nSPS) is 17.0. The molecule has 2 heterocycles. The standard InChI is InChI=1S/C22H27N3O2/c1-2-21-23-13-19(14-24-21)22(26)25-10-8-16(9-11-25)15-27-20-7-6-17-4-3-5-18(17)12-20/h6-7,12-14,16H,2-5,8-11,15H2,1H3. The second kappa shape index (κ2) is 8.07. The van der Waals surface area contributed by atoms with Gasteiger partial charge in [0.2, 0.25) is 0 Å². The van der Waals surface area contributed by atoms with Gasteiger partial charge in [-0.05, 0) is 61.3 Å². The molecule has 1 saturated heterocycles. The predicted octanol–water partition coefficient (Wildman–Crippen LogP) is 3.46. The van der Waals surface area contributed by atoms with Gasteiger partial charge in [0.15, 0.2) is 0 Å². The van der Waals surface area contributed by atoms with E-state index in [1.807, 2.05) is 11.8 Å². The molecular weight excluding hydrogens is 338 g/mol. The Labute approximate surface area is 160 Å². The fourth-order valence-corrected chi connectivity index (χ4v) is 3.99. The monoisotopic (exact) mass is 365 g/mol. The third kappa shape index (κ3) is 4.12. The van der Waals surface area contributed by atoms with Crippen molar-refractivity contribution in [3.05, 3.63) is 53.1 Å². The molecule has 1 fully saturated rings. The zero-order valence-electron chi connectivity index (χ0n) is 16.0. The van der Waals surface area contributed by atoms with Crippen LogP contribution in [0.5, 0.6) is 5.75 Å². The van der Waals surface area contributed by atoms with E-state index in [-0.39, 0.29) is 5.91 Å². The summed E-state index contributed by atoms with van der Waals surface area (Å²) in [4.78, 5) is 23.0. The number of likely N-dealkylation sites (tertiary alicyclic amines) is 1. The third-order valence-corrected chi connectivity index (χ3v) is 5.73. The molecule has 2 aromatic rings. The Morgan fingerprint density at radius 3 is 2.63 bits per heavy atom. The van der Waals surface area contributed by atoms with Gasteiger partial charge in [0.25, 0.3) is 5.91 Å². The lowest BCUT2D eigenvalue weighted by Crippen LogP contribution is -2.39. The highest BCUT2D eigenvalue weighted by atomic mass is 16.5. The maximum atomic E-state index is 12.6. The number of ether oxygens (including phenoxy) is 1. The van der Waals surface area contributed by atoms with E-state index < -0.39 is 0 Å². The van der Waals surface area contributed by atoms with Gasteiger partial charge >= 0.3 is 0 Å². The Kier molecular flexibility index (Phi) is 5.37. The Bertz CT molecular complexity index is 796. The lowest BCUT2D eigenvalue weighted by atomic mass is 9.97. The lowest BCUT2D eigenvalue weighted by molar-refractivity contribution is 0.0660. The van der Waals surface area contributed by atoms with Crippen LogP contribution in [0.4, 0.5) is 0 Å². The number of aryl methyl sites for hydroxylation is 3. The van der Waals surface area contributed by atoms with Crippen LogP contribution >= 0.6 is 0 Å². The zero-order chi connectivity index (χ0) is 18.6. The van der Waals surface area contributed by atoms with Crippen molar-refractivity contribution in [2.75, 3.05) is 19.7 Å². The van der Waals surface area contributed by atoms with Crippen molar-refractivity contribution in [3.8, 4) is 5.75 Å². The van der Waals surface area contributed by atoms with Gasteiger partial charge in [0.1, 0.15) is 11.6 Å². The number of rotatable bonds is 5. The molecule has 1 aromatic carbocycles. The number of benzene rings is 1. The van der Waals surface area contributed by atoms with Crippen LogP contribution < -0.4 is 4.74 Å². The smallest absolute Gasteiger partial charge is 0.256 e. The van der Waals surface area contributed by atoms with Crippen LogP contribution in [-0.4, -0.2) is 40.5 Å². The third-order valence-electron chi connectivity index (χ3n) is 5.73. The van der Waals surface area contributed by atoms with Crippen LogP contribution in [0.3, 0.4) is 0 Å². The number of nitrogens with zero attached hydrogens (tertiary/aromatic N) is 3. The first-order chi connectivity index (χ1) is 13.2.